The molecule has 0 bridgehead atoms. The first-order valence-corrected chi connectivity index (χ1v) is 7.08. The van der Waals surface area contributed by atoms with Crippen molar-refractivity contribution in [1.29, 1.82) is 0 Å². The lowest BCUT2D eigenvalue weighted by atomic mass is 10.2. The maximum atomic E-state index is 12.2. The van der Waals surface area contributed by atoms with Gasteiger partial charge in [-0.3, -0.25) is 4.79 Å². The minimum absolute atomic E-state index is 0.0327. The minimum Gasteiger partial charge on any atom is -0.347 e. The fraction of sp³-hybridized carbons (Fsp3) is 0.583. The highest BCUT2D eigenvalue weighted by atomic mass is 32.1. The van der Waals surface area contributed by atoms with Gasteiger partial charge in [0.2, 0.25) is 10.1 Å². The Labute approximate surface area is 110 Å². The van der Waals surface area contributed by atoms with Crippen LogP contribution in [0, 0.1) is 6.92 Å². The van der Waals surface area contributed by atoms with Crippen molar-refractivity contribution in [3.63, 3.8) is 0 Å². The molecule has 0 N–H and O–H groups in total. The van der Waals surface area contributed by atoms with Gasteiger partial charge >= 0.3 is 0 Å². The molecule has 98 valence electrons. The van der Waals surface area contributed by atoms with E-state index in [4.69, 9.17) is 0 Å². The van der Waals surface area contributed by atoms with Gasteiger partial charge < -0.3 is 4.90 Å². The smallest absolute Gasteiger partial charge is 0.278 e. The highest BCUT2D eigenvalue weighted by molar-refractivity contribution is 7.20. The molecule has 0 atom stereocenters. The predicted molar refractivity (Wildman–Crippen MR) is 74.8 cm³/mol. The second-order valence-electron chi connectivity index (χ2n) is 4.09. The fourth-order valence-electron chi connectivity index (χ4n) is 2.00. The summed E-state index contributed by atoms with van der Waals surface area (Å²) in [6.45, 7) is 9.77. The molecular weight excluding hydrogens is 248 g/mol. The molecule has 0 unspecified atom stereocenters. The molecule has 0 aliphatic rings. The Kier molecular flexibility index (Phi) is 3.65. The molecule has 2 aromatic heterocycles. The fourth-order valence-corrected chi connectivity index (χ4v) is 3.06. The number of nitrogens with zero attached hydrogens (tertiary/aromatic N) is 4. The van der Waals surface area contributed by atoms with Crippen LogP contribution >= 0.6 is 11.3 Å². The van der Waals surface area contributed by atoms with E-state index >= 15 is 0 Å². The lowest BCUT2D eigenvalue weighted by Crippen LogP contribution is -2.24. The minimum atomic E-state index is -0.0327. The molecule has 5 nitrogen and oxygen atoms in total. The van der Waals surface area contributed by atoms with Gasteiger partial charge in [0.15, 0.2) is 0 Å². The average Bonchev–Trinajstić information content (AvgIpc) is 2.75. The molecule has 0 amide bonds. The second-order valence-corrected chi connectivity index (χ2v) is 5.02. The summed E-state index contributed by atoms with van der Waals surface area (Å²) in [6, 6.07) is 0. The molecule has 0 saturated heterocycles. The van der Waals surface area contributed by atoms with Gasteiger partial charge in [0.05, 0.1) is 0 Å². The summed E-state index contributed by atoms with van der Waals surface area (Å²) >= 11 is 1.47. The van der Waals surface area contributed by atoms with Gasteiger partial charge in [0, 0.05) is 24.3 Å². The first-order chi connectivity index (χ1) is 8.62. The summed E-state index contributed by atoms with van der Waals surface area (Å²) in [5, 5.41) is 5.25. The van der Waals surface area contributed by atoms with Crippen LogP contribution in [0.25, 0.3) is 4.96 Å². The Hall–Kier alpha value is -1.43. The van der Waals surface area contributed by atoms with Crippen molar-refractivity contribution in [2.75, 3.05) is 18.0 Å². The van der Waals surface area contributed by atoms with Crippen LogP contribution in [0.5, 0.6) is 0 Å². The molecule has 2 aromatic rings. The summed E-state index contributed by atoms with van der Waals surface area (Å²) in [4.78, 5) is 19.5. The van der Waals surface area contributed by atoms with E-state index in [0.717, 1.165) is 29.5 Å². The van der Waals surface area contributed by atoms with E-state index in [2.05, 4.69) is 28.8 Å². The molecule has 6 heteroatoms. The Balaban J connectivity index is 2.65. The van der Waals surface area contributed by atoms with Gasteiger partial charge in [0.1, 0.15) is 0 Å². The zero-order valence-corrected chi connectivity index (χ0v) is 12.0. The van der Waals surface area contributed by atoms with E-state index < -0.39 is 0 Å². The van der Waals surface area contributed by atoms with Crippen molar-refractivity contribution in [1.82, 2.24) is 14.6 Å². The van der Waals surface area contributed by atoms with Crippen LogP contribution in [0.3, 0.4) is 0 Å². The van der Waals surface area contributed by atoms with E-state index in [1.165, 1.54) is 15.9 Å². The SMILES string of the molecule is CCc1c(C)nc2sc(N(CC)CC)nn2c1=O. The third-order valence-corrected chi connectivity index (χ3v) is 4.06. The number of anilines is 1. The number of aryl methyl sites for hydroxylation is 1. The number of rotatable bonds is 4. The summed E-state index contributed by atoms with van der Waals surface area (Å²) in [5.74, 6) is 0. The second kappa shape index (κ2) is 5.06. The number of aromatic nitrogens is 3. The topological polar surface area (TPSA) is 50.5 Å². The number of hydrogen-bond acceptors (Lipinski definition) is 5. The van der Waals surface area contributed by atoms with Crippen molar-refractivity contribution in [3.8, 4) is 0 Å². The molecule has 2 rings (SSSR count). The standard InChI is InChI=1S/C12H18N4OS/c1-5-9-8(4)13-11-16(10(9)17)14-12(18-11)15(6-2)7-3/h5-7H2,1-4H3. The molecule has 0 fully saturated rings. The van der Waals surface area contributed by atoms with E-state index in [0.29, 0.717) is 11.4 Å². The van der Waals surface area contributed by atoms with Crippen LogP contribution in [0.2, 0.25) is 0 Å². The molecular formula is C12H18N4OS. The van der Waals surface area contributed by atoms with Gasteiger partial charge in [0.25, 0.3) is 5.56 Å². The lowest BCUT2D eigenvalue weighted by molar-refractivity contribution is 0.804. The number of hydrogen-bond donors (Lipinski definition) is 0. The van der Waals surface area contributed by atoms with E-state index in [1.54, 1.807) is 0 Å². The highest BCUT2D eigenvalue weighted by Gasteiger charge is 2.14. The van der Waals surface area contributed by atoms with Crippen molar-refractivity contribution in [2.45, 2.75) is 34.1 Å². The average molecular weight is 266 g/mol. The molecule has 0 aliphatic carbocycles. The van der Waals surface area contributed by atoms with Crippen LogP contribution in [-0.2, 0) is 6.42 Å². The van der Waals surface area contributed by atoms with Crippen LogP contribution in [0.15, 0.2) is 4.79 Å². The van der Waals surface area contributed by atoms with Gasteiger partial charge in [-0.05, 0) is 27.2 Å². The third kappa shape index (κ3) is 2.01. The molecule has 0 aromatic carbocycles. The highest BCUT2D eigenvalue weighted by Crippen LogP contribution is 2.21. The van der Waals surface area contributed by atoms with Crippen LogP contribution in [0.1, 0.15) is 32.0 Å². The molecule has 0 aliphatic heterocycles. The summed E-state index contributed by atoms with van der Waals surface area (Å²) in [7, 11) is 0. The monoisotopic (exact) mass is 266 g/mol. The zero-order chi connectivity index (χ0) is 13.3. The zero-order valence-electron chi connectivity index (χ0n) is 11.2. The molecule has 0 spiro atoms. The Bertz CT molecular complexity index is 612. The molecule has 0 saturated carbocycles. The van der Waals surface area contributed by atoms with Gasteiger partial charge in [-0.25, -0.2) is 4.98 Å². The van der Waals surface area contributed by atoms with E-state index in [1.807, 2.05) is 13.8 Å². The quantitative estimate of drug-likeness (QED) is 0.847. The van der Waals surface area contributed by atoms with E-state index in [9.17, 15) is 4.79 Å². The Morgan fingerprint density at radius 1 is 1.28 bits per heavy atom. The van der Waals surface area contributed by atoms with E-state index in [-0.39, 0.29) is 5.56 Å². The first kappa shape index (κ1) is 13.0. The third-order valence-electron chi connectivity index (χ3n) is 3.09. The van der Waals surface area contributed by atoms with Crippen molar-refractivity contribution >= 4 is 21.4 Å². The van der Waals surface area contributed by atoms with Crippen molar-refractivity contribution in [3.05, 3.63) is 21.6 Å². The summed E-state index contributed by atoms with van der Waals surface area (Å²) in [5.41, 5.74) is 1.54. The summed E-state index contributed by atoms with van der Waals surface area (Å²) < 4.78 is 1.43. The van der Waals surface area contributed by atoms with Crippen LogP contribution in [-0.4, -0.2) is 27.7 Å². The van der Waals surface area contributed by atoms with Gasteiger partial charge in [-0.2, -0.15) is 4.52 Å². The van der Waals surface area contributed by atoms with Gasteiger partial charge in [-0.1, -0.05) is 18.3 Å². The normalized spacial score (nSPS) is 11.1. The predicted octanol–water partition coefficient (Wildman–Crippen LogP) is 1.87. The molecule has 0 radical (unpaired) electrons. The Morgan fingerprint density at radius 2 is 1.94 bits per heavy atom. The molecule has 2 heterocycles. The van der Waals surface area contributed by atoms with Crippen LogP contribution in [0.4, 0.5) is 5.13 Å². The summed E-state index contributed by atoms with van der Waals surface area (Å²) in [6.07, 6.45) is 0.693. The maximum absolute atomic E-state index is 12.2. The van der Waals surface area contributed by atoms with Gasteiger partial charge in [-0.15, -0.1) is 5.10 Å². The van der Waals surface area contributed by atoms with Crippen LogP contribution < -0.4 is 10.5 Å². The first-order valence-electron chi connectivity index (χ1n) is 6.26. The molecule has 18 heavy (non-hydrogen) atoms. The van der Waals surface area contributed by atoms with Crippen molar-refractivity contribution < 1.29 is 0 Å². The van der Waals surface area contributed by atoms with Crippen molar-refractivity contribution in [2.24, 2.45) is 0 Å². The Morgan fingerprint density at radius 3 is 2.50 bits per heavy atom. The lowest BCUT2D eigenvalue weighted by Gasteiger charge is -2.15. The largest absolute Gasteiger partial charge is 0.347 e. The number of fused-ring (bicyclic) bond motifs is 1. The maximum Gasteiger partial charge on any atom is 0.278 e.